The minimum atomic E-state index is -0.809. The van der Waals surface area contributed by atoms with Gasteiger partial charge in [0.2, 0.25) is 5.88 Å². The molecule has 0 aliphatic carbocycles. The summed E-state index contributed by atoms with van der Waals surface area (Å²) in [5.74, 6) is -0.473. The molecule has 0 spiro atoms. The molecule has 9 heteroatoms. The lowest BCUT2D eigenvalue weighted by Crippen LogP contribution is -2.27. The van der Waals surface area contributed by atoms with Crippen molar-refractivity contribution < 1.29 is 19.0 Å². The number of pyridine rings is 1. The largest absolute Gasteiger partial charge is 0.489 e. The highest BCUT2D eigenvalue weighted by atomic mass is 32.2. The molecule has 2 heterocycles. The van der Waals surface area contributed by atoms with Gasteiger partial charge in [-0.1, -0.05) is 54.2 Å². The van der Waals surface area contributed by atoms with E-state index < -0.39 is 11.9 Å². The molecule has 1 aromatic heterocycles. The summed E-state index contributed by atoms with van der Waals surface area (Å²) in [4.78, 5) is 17.9. The summed E-state index contributed by atoms with van der Waals surface area (Å²) in [6, 6.07) is 21.3. The Balaban J connectivity index is 1.70. The van der Waals surface area contributed by atoms with E-state index in [9.17, 15) is 15.3 Å². The fourth-order valence-electron chi connectivity index (χ4n) is 4.47. The van der Waals surface area contributed by atoms with Crippen LogP contribution in [-0.2, 0) is 20.9 Å². The molecule has 0 fully saturated rings. The number of benzene rings is 2. The first-order valence-electron chi connectivity index (χ1n) is 13.0. The van der Waals surface area contributed by atoms with E-state index in [1.807, 2.05) is 51.1 Å². The van der Waals surface area contributed by atoms with Crippen molar-refractivity contribution in [2.45, 2.75) is 45.2 Å². The van der Waals surface area contributed by atoms with Crippen molar-refractivity contribution in [2.24, 2.45) is 5.73 Å². The van der Waals surface area contributed by atoms with Crippen molar-refractivity contribution in [1.29, 1.82) is 10.5 Å². The van der Waals surface area contributed by atoms with Crippen molar-refractivity contribution in [3.05, 3.63) is 111 Å². The molecular weight excluding hydrogens is 536 g/mol. The van der Waals surface area contributed by atoms with Crippen molar-refractivity contribution >= 4 is 17.7 Å². The number of ether oxygens (including phenoxy) is 3. The molecule has 3 aromatic rings. The van der Waals surface area contributed by atoms with E-state index >= 15 is 0 Å². The van der Waals surface area contributed by atoms with Crippen LogP contribution in [0.2, 0.25) is 0 Å². The van der Waals surface area contributed by atoms with Crippen LogP contribution in [0.1, 0.15) is 46.4 Å². The molecule has 2 N–H and O–H groups in total. The third kappa shape index (κ3) is 6.37. The van der Waals surface area contributed by atoms with Gasteiger partial charge in [0.1, 0.15) is 40.9 Å². The van der Waals surface area contributed by atoms with Crippen LogP contribution >= 0.6 is 11.8 Å². The van der Waals surface area contributed by atoms with E-state index in [2.05, 4.69) is 17.1 Å². The highest BCUT2D eigenvalue weighted by Gasteiger charge is 2.37. The van der Waals surface area contributed by atoms with Gasteiger partial charge in [0, 0.05) is 5.69 Å². The highest BCUT2D eigenvalue weighted by Crippen LogP contribution is 2.42. The van der Waals surface area contributed by atoms with Crippen LogP contribution < -0.4 is 10.5 Å². The second-order valence-corrected chi connectivity index (χ2v) is 10.3. The smallest absolute Gasteiger partial charge is 0.338 e. The minimum Gasteiger partial charge on any atom is -0.489 e. The molecule has 1 unspecified atom stereocenters. The summed E-state index contributed by atoms with van der Waals surface area (Å²) in [6.45, 7) is 7.95. The SMILES string of the molecule is CCOC(=O)C1=C(CSc2nc(C)c(C)c(C)c2C#N)OC(N)=C(C#N)C1c1ccc(OCc2ccccc2)cc1. The molecule has 0 amide bonds. The molecule has 1 aliphatic rings. The average Bonchev–Trinajstić information content (AvgIpc) is 2.98. The van der Waals surface area contributed by atoms with Crippen LogP contribution in [0.25, 0.3) is 0 Å². The third-order valence-corrected chi connectivity index (χ3v) is 7.84. The molecule has 0 saturated heterocycles. The summed E-state index contributed by atoms with van der Waals surface area (Å²) in [7, 11) is 0. The van der Waals surface area contributed by atoms with Crippen LogP contribution in [-0.4, -0.2) is 23.3 Å². The fourth-order valence-corrected chi connectivity index (χ4v) is 5.50. The number of nitrogens with two attached hydrogens (primary N) is 1. The normalized spacial score (nSPS) is 14.6. The van der Waals surface area contributed by atoms with Crippen molar-refractivity contribution in [2.75, 3.05) is 12.4 Å². The Morgan fingerprint density at radius 2 is 1.76 bits per heavy atom. The van der Waals surface area contributed by atoms with Gasteiger partial charge in [-0.15, -0.1) is 0 Å². The number of hydrogen-bond acceptors (Lipinski definition) is 9. The number of rotatable bonds is 9. The average molecular weight is 567 g/mol. The molecule has 8 nitrogen and oxygen atoms in total. The Morgan fingerprint density at radius 1 is 1.05 bits per heavy atom. The highest BCUT2D eigenvalue weighted by molar-refractivity contribution is 7.99. The molecule has 41 heavy (non-hydrogen) atoms. The van der Waals surface area contributed by atoms with Crippen LogP contribution in [0.15, 0.2) is 82.4 Å². The Morgan fingerprint density at radius 3 is 2.39 bits per heavy atom. The first kappa shape index (κ1) is 29.3. The number of aryl methyl sites for hydroxylation is 1. The lowest BCUT2D eigenvalue weighted by Gasteiger charge is -2.28. The van der Waals surface area contributed by atoms with E-state index in [4.69, 9.17) is 19.9 Å². The predicted octanol–water partition coefficient (Wildman–Crippen LogP) is 5.87. The van der Waals surface area contributed by atoms with E-state index in [1.54, 1.807) is 31.2 Å². The maximum atomic E-state index is 13.3. The number of allylic oxidation sites excluding steroid dienone is 1. The second-order valence-electron chi connectivity index (χ2n) is 9.35. The predicted molar refractivity (Wildman–Crippen MR) is 155 cm³/mol. The lowest BCUT2D eigenvalue weighted by molar-refractivity contribution is -0.139. The number of thioether (sulfide) groups is 1. The summed E-state index contributed by atoms with van der Waals surface area (Å²) >= 11 is 1.26. The van der Waals surface area contributed by atoms with Crippen LogP contribution in [0.3, 0.4) is 0 Å². The third-order valence-electron chi connectivity index (χ3n) is 6.87. The fraction of sp³-hybridized carbons (Fsp3) is 0.250. The molecule has 0 radical (unpaired) electrons. The summed E-state index contributed by atoms with van der Waals surface area (Å²) in [5, 5.41) is 20.3. The quantitative estimate of drug-likeness (QED) is 0.249. The molecule has 0 bridgehead atoms. The van der Waals surface area contributed by atoms with E-state index in [1.165, 1.54) is 11.8 Å². The van der Waals surface area contributed by atoms with Crippen LogP contribution in [0.4, 0.5) is 0 Å². The zero-order valence-corrected chi connectivity index (χ0v) is 24.2. The minimum absolute atomic E-state index is 0.0877. The Bertz CT molecular complexity index is 1600. The number of carbonyl (C=O) groups excluding carboxylic acids is 1. The number of nitrogens with zero attached hydrogens (tertiary/aromatic N) is 3. The topological polar surface area (TPSA) is 131 Å². The van der Waals surface area contributed by atoms with Crippen molar-refractivity contribution in [3.8, 4) is 17.9 Å². The Hall–Kier alpha value is -4.73. The standard InChI is InChI=1S/C32H30N4O4S/c1-5-38-32(37)29-27(18-41-31-25(15-33)20(3)19(2)21(4)36-31)40-30(35)26(16-34)28(29)23-11-13-24(14-12-23)39-17-22-9-7-6-8-10-22/h6-14,28H,5,17-18,35H2,1-4H3. The van der Waals surface area contributed by atoms with Gasteiger partial charge < -0.3 is 19.9 Å². The zero-order chi connectivity index (χ0) is 29.5. The summed E-state index contributed by atoms with van der Waals surface area (Å²) in [5.41, 5.74) is 11.3. The van der Waals surface area contributed by atoms with E-state index in [0.29, 0.717) is 28.5 Å². The van der Waals surface area contributed by atoms with Crippen molar-refractivity contribution in [1.82, 2.24) is 4.98 Å². The zero-order valence-electron chi connectivity index (χ0n) is 23.4. The number of carbonyl (C=O) groups is 1. The van der Waals surface area contributed by atoms with Gasteiger partial charge in [0.05, 0.1) is 29.4 Å². The molecule has 2 aromatic carbocycles. The van der Waals surface area contributed by atoms with Gasteiger partial charge in [0.25, 0.3) is 0 Å². The number of esters is 1. The van der Waals surface area contributed by atoms with Gasteiger partial charge in [0.15, 0.2) is 0 Å². The van der Waals surface area contributed by atoms with Gasteiger partial charge in [-0.2, -0.15) is 10.5 Å². The molecule has 208 valence electrons. The van der Waals surface area contributed by atoms with Gasteiger partial charge in [-0.05, 0) is 62.1 Å². The van der Waals surface area contributed by atoms with E-state index in [-0.39, 0.29) is 35.1 Å². The first-order chi connectivity index (χ1) is 19.8. The molecule has 4 rings (SSSR count). The Labute approximate surface area is 244 Å². The number of aromatic nitrogens is 1. The van der Waals surface area contributed by atoms with Gasteiger partial charge in [-0.3, -0.25) is 0 Å². The lowest BCUT2D eigenvalue weighted by atomic mass is 9.83. The summed E-state index contributed by atoms with van der Waals surface area (Å²) < 4.78 is 17.2. The Kier molecular flexibility index (Phi) is 9.34. The van der Waals surface area contributed by atoms with Crippen LogP contribution in [0, 0.1) is 43.4 Å². The van der Waals surface area contributed by atoms with E-state index in [0.717, 1.165) is 22.4 Å². The molecular formula is C32H30N4O4S. The second kappa shape index (κ2) is 13.1. The maximum Gasteiger partial charge on any atom is 0.338 e. The summed E-state index contributed by atoms with van der Waals surface area (Å²) in [6.07, 6.45) is 0. The van der Waals surface area contributed by atoms with Crippen molar-refractivity contribution in [3.63, 3.8) is 0 Å². The molecule has 1 aliphatic heterocycles. The first-order valence-corrected chi connectivity index (χ1v) is 14.0. The van der Waals surface area contributed by atoms with Gasteiger partial charge >= 0.3 is 5.97 Å². The number of nitriles is 2. The number of hydrogen-bond donors (Lipinski definition) is 1. The maximum absolute atomic E-state index is 13.3. The molecule has 1 atom stereocenters. The molecule has 0 saturated carbocycles. The monoisotopic (exact) mass is 566 g/mol. The van der Waals surface area contributed by atoms with Gasteiger partial charge in [-0.25, -0.2) is 9.78 Å². The van der Waals surface area contributed by atoms with Crippen LogP contribution in [0.5, 0.6) is 5.75 Å².